The topological polar surface area (TPSA) is 68.5 Å². The third kappa shape index (κ3) is 3.09. The van der Waals surface area contributed by atoms with Gasteiger partial charge in [-0.3, -0.25) is 4.79 Å². The summed E-state index contributed by atoms with van der Waals surface area (Å²) in [5, 5.41) is 2.64. The number of amides is 1. The highest BCUT2D eigenvalue weighted by molar-refractivity contribution is 5.97. The minimum Gasteiger partial charge on any atom is -0.469 e. The van der Waals surface area contributed by atoms with E-state index in [9.17, 15) is 9.59 Å². The van der Waals surface area contributed by atoms with Gasteiger partial charge in [-0.25, -0.2) is 4.79 Å². The molecule has 0 unspecified atom stereocenters. The summed E-state index contributed by atoms with van der Waals surface area (Å²) in [7, 11) is 1.30. The van der Waals surface area contributed by atoms with Gasteiger partial charge in [-0.05, 0) is 18.9 Å². The maximum absolute atomic E-state index is 11.9. The van der Waals surface area contributed by atoms with Crippen molar-refractivity contribution >= 4 is 11.9 Å². The Morgan fingerprint density at radius 3 is 2.47 bits per heavy atom. The summed E-state index contributed by atoms with van der Waals surface area (Å²) >= 11 is 0. The normalized spacial score (nSPS) is 12.3. The van der Waals surface area contributed by atoms with Crippen molar-refractivity contribution < 1.29 is 18.7 Å². The van der Waals surface area contributed by atoms with Gasteiger partial charge in [-0.15, -0.1) is 0 Å². The fourth-order valence-electron chi connectivity index (χ4n) is 1.46. The largest absolute Gasteiger partial charge is 0.469 e. The molecule has 0 aromatic carbocycles. The van der Waals surface area contributed by atoms with E-state index in [1.54, 1.807) is 13.0 Å². The molecule has 5 heteroatoms. The Morgan fingerprint density at radius 2 is 2.06 bits per heavy atom. The van der Waals surface area contributed by atoms with Crippen LogP contribution < -0.4 is 5.32 Å². The van der Waals surface area contributed by atoms with Crippen molar-refractivity contribution in [3.63, 3.8) is 0 Å². The molecule has 1 aromatic rings. The summed E-state index contributed by atoms with van der Waals surface area (Å²) in [6.45, 7) is 5.37. The average Bonchev–Trinajstić information content (AvgIpc) is 2.70. The standard InChI is InChI=1S/C12H17NO4/c1-7(2)10(12(15)16-4)13-11(14)9-5-6-17-8(9)3/h5-7,10H,1-4H3,(H,13,14)/t10-/m0/s1. The molecule has 0 aliphatic heterocycles. The number of esters is 1. The summed E-state index contributed by atoms with van der Waals surface area (Å²) in [5.74, 6) is -0.302. The predicted octanol–water partition coefficient (Wildman–Crippen LogP) is 1.52. The van der Waals surface area contributed by atoms with Gasteiger partial charge in [0.05, 0.1) is 18.9 Å². The molecule has 1 rings (SSSR count). The molecule has 1 heterocycles. The lowest BCUT2D eigenvalue weighted by molar-refractivity contribution is -0.144. The molecule has 0 radical (unpaired) electrons. The lowest BCUT2D eigenvalue weighted by Gasteiger charge is -2.19. The molecule has 0 aliphatic rings. The van der Waals surface area contributed by atoms with E-state index in [4.69, 9.17) is 4.42 Å². The number of methoxy groups -OCH3 is 1. The van der Waals surface area contributed by atoms with E-state index in [-0.39, 0.29) is 11.8 Å². The zero-order valence-electron chi connectivity index (χ0n) is 10.4. The molecular weight excluding hydrogens is 222 g/mol. The average molecular weight is 239 g/mol. The van der Waals surface area contributed by atoms with Crippen LogP contribution >= 0.6 is 0 Å². The van der Waals surface area contributed by atoms with Crippen molar-refractivity contribution in [1.82, 2.24) is 5.32 Å². The van der Waals surface area contributed by atoms with Crippen molar-refractivity contribution in [1.29, 1.82) is 0 Å². The highest BCUT2D eigenvalue weighted by Gasteiger charge is 2.26. The lowest BCUT2D eigenvalue weighted by atomic mass is 10.0. The van der Waals surface area contributed by atoms with Crippen LogP contribution in [0.25, 0.3) is 0 Å². The number of rotatable bonds is 4. The van der Waals surface area contributed by atoms with Crippen molar-refractivity contribution in [3.05, 3.63) is 23.7 Å². The Balaban J connectivity index is 2.78. The highest BCUT2D eigenvalue weighted by Crippen LogP contribution is 2.10. The first-order valence-electron chi connectivity index (χ1n) is 5.40. The van der Waals surface area contributed by atoms with Gasteiger partial charge in [0.1, 0.15) is 11.8 Å². The van der Waals surface area contributed by atoms with Crippen LogP contribution in [0, 0.1) is 12.8 Å². The minimum atomic E-state index is -0.651. The van der Waals surface area contributed by atoms with Crippen LogP contribution in [0.1, 0.15) is 30.0 Å². The molecule has 0 aliphatic carbocycles. The molecule has 1 aromatic heterocycles. The molecule has 0 fully saturated rings. The van der Waals surface area contributed by atoms with E-state index >= 15 is 0 Å². The van der Waals surface area contributed by atoms with Crippen molar-refractivity contribution in [2.75, 3.05) is 7.11 Å². The summed E-state index contributed by atoms with van der Waals surface area (Å²) in [5.41, 5.74) is 0.430. The molecule has 1 N–H and O–H groups in total. The third-order valence-corrected chi connectivity index (χ3v) is 2.51. The first-order chi connectivity index (χ1) is 7.97. The van der Waals surface area contributed by atoms with Crippen molar-refractivity contribution in [3.8, 4) is 0 Å². The fourth-order valence-corrected chi connectivity index (χ4v) is 1.46. The van der Waals surface area contributed by atoms with E-state index in [1.807, 2.05) is 13.8 Å². The van der Waals surface area contributed by atoms with Gasteiger partial charge in [0.2, 0.25) is 0 Å². The molecule has 0 saturated carbocycles. The molecule has 1 atom stereocenters. The van der Waals surface area contributed by atoms with Gasteiger partial charge in [-0.2, -0.15) is 0 Å². The molecule has 0 saturated heterocycles. The maximum atomic E-state index is 11.9. The van der Waals surface area contributed by atoms with E-state index in [0.717, 1.165) is 0 Å². The second kappa shape index (κ2) is 5.52. The van der Waals surface area contributed by atoms with Crippen LogP contribution in [0.4, 0.5) is 0 Å². The van der Waals surface area contributed by atoms with Crippen molar-refractivity contribution in [2.24, 2.45) is 5.92 Å². The Morgan fingerprint density at radius 1 is 1.41 bits per heavy atom. The number of ether oxygens (including phenoxy) is 1. The molecule has 94 valence electrons. The summed E-state index contributed by atoms with van der Waals surface area (Å²) in [6.07, 6.45) is 1.44. The van der Waals surface area contributed by atoms with Crippen LogP contribution in [-0.2, 0) is 9.53 Å². The summed E-state index contributed by atoms with van der Waals surface area (Å²) < 4.78 is 9.68. The Labute approximate surface area is 100 Å². The Kier molecular flexibility index (Phi) is 4.31. The number of furan rings is 1. The Bertz CT molecular complexity index is 408. The van der Waals surface area contributed by atoms with Gasteiger partial charge in [0, 0.05) is 0 Å². The highest BCUT2D eigenvalue weighted by atomic mass is 16.5. The smallest absolute Gasteiger partial charge is 0.328 e. The van der Waals surface area contributed by atoms with E-state index in [1.165, 1.54) is 13.4 Å². The number of carbonyl (C=O) groups excluding carboxylic acids is 2. The SMILES string of the molecule is COC(=O)[C@@H](NC(=O)c1ccoc1C)C(C)C. The van der Waals surface area contributed by atoms with Crippen LogP contribution in [0.15, 0.2) is 16.7 Å². The molecule has 1 amide bonds. The molecule has 0 bridgehead atoms. The second-order valence-electron chi connectivity index (χ2n) is 4.11. The van der Waals surface area contributed by atoms with Gasteiger partial charge in [0.15, 0.2) is 0 Å². The number of aryl methyl sites for hydroxylation is 1. The van der Waals surface area contributed by atoms with Crippen LogP contribution in [0.5, 0.6) is 0 Å². The maximum Gasteiger partial charge on any atom is 0.328 e. The van der Waals surface area contributed by atoms with Crippen LogP contribution in [-0.4, -0.2) is 25.0 Å². The van der Waals surface area contributed by atoms with Crippen LogP contribution in [0.2, 0.25) is 0 Å². The molecule has 0 spiro atoms. The minimum absolute atomic E-state index is 0.0430. The molecule has 5 nitrogen and oxygen atoms in total. The first kappa shape index (κ1) is 13.3. The van der Waals surface area contributed by atoms with E-state index in [2.05, 4.69) is 10.1 Å². The van der Waals surface area contributed by atoms with E-state index in [0.29, 0.717) is 11.3 Å². The quantitative estimate of drug-likeness (QED) is 0.809. The number of carbonyl (C=O) groups is 2. The zero-order valence-corrected chi connectivity index (χ0v) is 10.4. The zero-order chi connectivity index (χ0) is 13.0. The van der Waals surface area contributed by atoms with Crippen LogP contribution in [0.3, 0.4) is 0 Å². The summed E-state index contributed by atoms with van der Waals surface area (Å²) in [4.78, 5) is 23.4. The number of nitrogens with one attached hydrogen (secondary N) is 1. The monoisotopic (exact) mass is 239 g/mol. The van der Waals surface area contributed by atoms with E-state index < -0.39 is 12.0 Å². The number of hydrogen-bond donors (Lipinski definition) is 1. The van der Waals surface area contributed by atoms with Gasteiger partial charge >= 0.3 is 5.97 Å². The molecule has 17 heavy (non-hydrogen) atoms. The predicted molar refractivity (Wildman–Crippen MR) is 61.6 cm³/mol. The van der Waals surface area contributed by atoms with Gasteiger partial charge in [-0.1, -0.05) is 13.8 Å². The van der Waals surface area contributed by atoms with Crippen molar-refractivity contribution in [2.45, 2.75) is 26.8 Å². The number of hydrogen-bond acceptors (Lipinski definition) is 4. The molecular formula is C12H17NO4. The second-order valence-corrected chi connectivity index (χ2v) is 4.11. The fraction of sp³-hybridized carbons (Fsp3) is 0.500. The summed E-state index contributed by atoms with van der Waals surface area (Å²) in [6, 6.07) is 0.918. The first-order valence-corrected chi connectivity index (χ1v) is 5.40. The van der Waals surface area contributed by atoms with Gasteiger partial charge < -0.3 is 14.5 Å². The lowest BCUT2D eigenvalue weighted by Crippen LogP contribution is -2.45. The Hall–Kier alpha value is -1.78. The third-order valence-electron chi connectivity index (χ3n) is 2.51. The van der Waals surface area contributed by atoms with Gasteiger partial charge in [0.25, 0.3) is 5.91 Å².